The standard InChI is InChI=1S/C19H20O6/c1-3-9-14(2)22-18(20)24-16-12-7-8-13-17(16)25-19(21)23-15-10-5-4-6-11-15/h4-8,10-14H,3,9H2,1-2H3. The van der Waals surface area contributed by atoms with Crippen LogP contribution in [0, 0.1) is 0 Å². The van der Waals surface area contributed by atoms with Crippen LogP contribution >= 0.6 is 0 Å². The third kappa shape index (κ3) is 6.18. The van der Waals surface area contributed by atoms with Gasteiger partial charge in [0, 0.05) is 0 Å². The first-order valence-electron chi connectivity index (χ1n) is 8.00. The molecule has 2 aromatic rings. The maximum Gasteiger partial charge on any atom is 0.519 e. The molecule has 0 aliphatic carbocycles. The van der Waals surface area contributed by atoms with Crippen LogP contribution in [0.4, 0.5) is 9.59 Å². The SMILES string of the molecule is CCCC(C)OC(=O)Oc1ccccc1OC(=O)Oc1ccccc1. The lowest BCUT2D eigenvalue weighted by Gasteiger charge is -2.13. The van der Waals surface area contributed by atoms with Gasteiger partial charge in [0.1, 0.15) is 11.9 Å². The van der Waals surface area contributed by atoms with E-state index in [0.29, 0.717) is 5.75 Å². The van der Waals surface area contributed by atoms with Gasteiger partial charge < -0.3 is 18.9 Å². The molecule has 1 unspecified atom stereocenters. The average molecular weight is 344 g/mol. The Morgan fingerprint density at radius 2 is 1.40 bits per heavy atom. The first-order valence-corrected chi connectivity index (χ1v) is 8.00. The van der Waals surface area contributed by atoms with Gasteiger partial charge in [-0.15, -0.1) is 0 Å². The summed E-state index contributed by atoms with van der Waals surface area (Å²) in [5.74, 6) is 0.475. The van der Waals surface area contributed by atoms with E-state index in [1.165, 1.54) is 12.1 Å². The number of para-hydroxylation sites is 3. The minimum atomic E-state index is -0.935. The minimum absolute atomic E-state index is 0.0588. The van der Waals surface area contributed by atoms with Crippen molar-refractivity contribution in [3.05, 3.63) is 54.6 Å². The zero-order valence-corrected chi connectivity index (χ0v) is 14.1. The quantitative estimate of drug-likeness (QED) is 0.544. The van der Waals surface area contributed by atoms with E-state index < -0.39 is 12.3 Å². The molecule has 0 aliphatic rings. The van der Waals surface area contributed by atoms with E-state index in [0.717, 1.165) is 12.8 Å². The maximum absolute atomic E-state index is 11.9. The third-order valence-electron chi connectivity index (χ3n) is 3.17. The molecule has 0 spiro atoms. The van der Waals surface area contributed by atoms with E-state index in [9.17, 15) is 9.59 Å². The first kappa shape index (κ1) is 18.3. The Morgan fingerprint density at radius 1 is 0.840 bits per heavy atom. The summed E-state index contributed by atoms with van der Waals surface area (Å²) in [6.45, 7) is 3.77. The monoisotopic (exact) mass is 344 g/mol. The normalized spacial score (nSPS) is 11.3. The van der Waals surface area contributed by atoms with Crippen LogP contribution in [-0.2, 0) is 4.74 Å². The molecule has 0 N–H and O–H groups in total. The molecule has 132 valence electrons. The molecule has 0 amide bonds. The summed E-state index contributed by atoms with van der Waals surface area (Å²) in [6.07, 6.45) is -0.423. The van der Waals surface area contributed by atoms with Crippen LogP contribution in [0.3, 0.4) is 0 Å². The van der Waals surface area contributed by atoms with Gasteiger partial charge in [-0.05, 0) is 37.6 Å². The first-order chi connectivity index (χ1) is 12.1. The summed E-state index contributed by atoms with van der Waals surface area (Å²) in [5, 5.41) is 0. The molecule has 6 nitrogen and oxygen atoms in total. The summed E-state index contributed by atoms with van der Waals surface area (Å²) in [7, 11) is 0. The van der Waals surface area contributed by atoms with Crippen molar-refractivity contribution in [1.82, 2.24) is 0 Å². The topological polar surface area (TPSA) is 71.1 Å². The van der Waals surface area contributed by atoms with Crippen LogP contribution in [0.1, 0.15) is 26.7 Å². The van der Waals surface area contributed by atoms with Gasteiger partial charge in [-0.2, -0.15) is 0 Å². The zero-order chi connectivity index (χ0) is 18.1. The molecular weight excluding hydrogens is 324 g/mol. The van der Waals surface area contributed by atoms with Gasteiger partial charge in [-0.1, -0.05) is 43.7 Å². The van der Waals surface area contributed by atoms with Crippen LogP contribution in [0.25, 0.3) is 0 Å². The molecule has 0 saturated carbocycles. The van der Waals surface area contributed by atoms with Crippen LogP contribution in [0.2, 0.25) is 0 Å². The Kier molecular flexibility index (Phi) is 6.83. The van der Waals surface area contributed by atoms with Crippen molar-refractivity contribution in [2.45, 2.75) is 32.8 Å². The van der Waals surface area contributed by atoms with E-state index in [2.05, 4.69) is 0 Å². The Hall–Kier alpha value is -3.02. The molecule has 0 bridgehead atoms. The van der Waals surface area contributed by atoms with E-state index >= 15 is 0 Å². The van der Waals surface area contributed by atoms with Crippen LogP contribution < -0.4 is 14.2 Å². The fourth-order valence-electron chi connectivity index (χ4n) is 2.06. The van der Waals surface area contributed by atoms with Crippen molar-refractivity contribution in [3.8, 4) is 17.2 Å². The lowest BCUT2D eigenvalue weighted by Crippen LogP contribution is -2.19. The number of carbonyl (C=O) groups is 2. The summed E-state index contributed by atoms with van der Waals surface area (Å²) < 4.78 is 20.4. The van der Waals surface area contributed by atoms with E-state index in [-0.39, 0.29) is 17.6 Å². The second kappa shape index (κ2) is 9.32. The second-order valence-corrected chi connectivity index (χ2v) is 5.28. The predicted molar refractivity (Wildman–Crippen MR) is 91.0 cm³/mol. The molecule has 2 aromatic carbocycles. The summed E-state index contributed by atoms with van der Waals surface area (Å²) >= 11 is 0. The van der Waals surface area contributed by atoms with Crippen molar-refractivity contribution in [1.29, 1.82) is 0 Å². The van der Waals surface area contributed by atoms with Crippen molar-refractivity contribution < 1.29 is 28.5 Å². The molecule has 0 aromatic heterocycles. The van der Waals surface area contributed by atoms with Crippen molar-refractivity contribution in [2.24, 2.45) is 0 Å². The predicted octanol–water partition coefficient (Wildman–Crippen LogP) is 4.97. The third-order valence-corrected chi connectivity index (χ3v) is 3.17. The van der Waals surface area contributed by atoms with Gasteiger partial charge in [0.2, 0.25) is 0 Å². The smallest absolute Gasteiger partial charge is 0.431 e. The molecule has 1 atom stereocenters. The Balaban J connectivity index is 1.97. The fraction of sp³-hybridized carbons (Fsp3) is 0.263. The maximum atomic E-state index is 11.9. The Labute approximate surface area is 146 Å². The number of hydrogen-bond donors (Lipinski definition) is 0. The Bertz CT molecular complexity index is 698. The minimum Gasteiger partial charge on any atom is -0.431 e. The van der Waals surface area contributed by atoms with E-state index in [1.807, 2.05) is 6.92 Å². The van der Waals surface area contributed by atoms with Crippen LogP contribution in [0.15, 0.2) is 54.6 Å². The largest absolute Gasteiger partial charge is 0.519 e. The summed E-state index contributed by atoms with van der Waals surface area (Å²) in [5.41, 5.74) is 0. The summed E-state index contributed by atoms with van der Waals surface area (Å²) in [6, 6.07) is 14.8. The number of hydrogen-bond acceptors (Lipinski definition) is 6. The summed E-state index contributed by atoms with van der Waals surface area (Å²) in [4.78, 5) is 23.7. The molecule has 25 heavy (non-hydrogen) atoms. The lowest BCUT2D eigenvalue weighted by atomic mass is 10.2. The Morgan fingerprint density at radius 3 is 2.00 bits per heavy atom. The average Bonchev–Trinajstić information content (AvgIpc) is 2.57. The van der Waals surface area contributed by atoms with E-state index in [4.69, 9.17) is 18.9 Å². The van der Waals surface area contributed by atoms with Gasteiger partial charge in [0.25, 0.3) is 0 Å². The van der Waals surface area contributed by atoms with Gasteiger partial charge in [0.05, 0.1) is 0 Å². The molecule has 0 saturated heterocycles. The van der Waals surface area contributed by atoms with Gasteiger partial charge >= 0.3 is 12.3 Å². The molecular formula is C19H20O6. The number of rotatable bonds is 6. The van der Waals surface area contributed by atoms with Crippen molar-refractivity contribution >= 4 is 12.3 Å². The number of benzene rings is 2. The highest BCUT2D eigenvalue weighted by Gasteiger charge is 2.17. The van der Waals surface area contributed by atoms with Crippen LogP contribution in [0.5, 0.6) is 17.2 Å². The highest BCUT2D eigenvalue weighted by molar-refractivity contribution is 5.70. The second-order valence-electron chi connectivity index (χ2n) is 5.28. The highest BCUT2D eigenvalue weighted by Crippen LogP contribution is 2.27. The fourth-order valence-corrected chi connectivity index (χ4v) is 2.06. The van der Waals surface area contributed by atoms with E-state index in [1.54, 1.807) is 49.4 Å². The van der Waals surface area contributed by atoms with Gasteiger partial charge in [-0.25, -0.2) is 9.59 Å². The number of ether oxygens (including phenoxy) is 4. The van der Waals surface area contributed by atoms with Crippen molar-refractivity contribution in [2.75, 3.05) is 0 Å². The molecule has 0 radical (unpaired) electrons. The van der Waals surface area contributed by atoms with Gasteiger partial charge in [0.15, 0.2) is 11.5 Å². The highest BCUT2D eigenvalue weighted by atomic mass is 16.7. The molecule has 6 heteroatoms. The molecule has 0 heterocycles. The number of carbonyl (C=O) groups excluding carboxylic acids is 2. The molecule has 0 fully saturated rings. The van der Waals surface area contributed by atoms with Gasteiger partial charge in [-0.3, -0.25) is 0 Å². The zero-order valence-electron chi connectivity index (χ0n) is 14.1. The van der Waals surface area contributed by atoms with Crippen molar-refractivity contribution in [3.63, 3.8) is 0 Å². The molecule has 2 rings (SSSR count). The molecule has 0 aliphatic heterocycles. The lowest BCUT2D eigenvalue weighted by molar-refractivity contribution is 0.0609. The van der Waals surface area contributed by atoms with Crippen LogP contribution in [-0.4, -0.2) is 18.4 Å².